The van der Waals surface area contributed by atoms with E-state index in [1.807, 2.05) is 4.98 Å². The summed E-state index contributed by atoms with van der Waals surface area (Å²) in [5.41, 5.74) is -1.22. The van der Waals surface area contributed by atoms with E-state index in [2.05, 4.69) is 6.58 Å². The first-order valence-corrected chi connectivity index (χ1v) is 4.49. The highest BCUT2D eigenvalue weighted by Crippen LogP contribution is 1.90. The summed E-state index contributed by atoms with van der Waals surface area (Å²) in [5.74, 6) is 0. The number of aliphatic hydroxyl groups excluding tert-OH is 2. The molecule has 0 radical (unpaired) electrons. The third-order valence-corrected chi connectivity index (χ3v) is 1.83. The molecule has 0 unspecified atom stereocenters. The van der Waals surface area contributed by atoms with Gasteiger partial charge in [0.05, 0.1) is 25.0 Å². The fourth-order valence-corrected chi connectivity index (χ4v) is 0.977. The van der Waals surface area contributed by atoms with Crippen LogP contribution in [0.25, 0.3) is 6.08 Å². The number of nitrogens with one attached hydrogen (secondary N) is 1. The Labute approximate surface area is 90.2 Å². The van der Waals surface area contributed by atoms with Crippen LogP contribution in [0.5, 0.6) is 0 Å². The molecule has 0 aliphatic carbocycles. The van der Waals surface area contributed by atoms with E-state index >= 15 is 0 Å². The van der Waals surface area contributed by atoms with E-state index in [-0.39, 0.29) is 5.56 Å². The van der Waals surface area contributed by atoms with Crippen LogP contribution in [0.3, 0.4) is 0 Å². The van der Waals surface area contributed by atoms with Gasteiger partial charge in [-0.1, -0.05) is 12.7 Å². The molecule has 16 heavy (non-hydrogen) atoms. The second-order valence-electron chi connectivity index (χ2n) is 2.97. The Morgan fingerprint density at radius 3 is 2.62 bits per heavy atom. The van der Waals surface area contributed by atoms with Gasteiger partial charge in [0, 0.05) is 0 Å². The summed E-state index contributed by atoms with van der Waals surface area (Å²) in [4.78, 5) is 29.3. The predicted octanol–water partition coefficient (Wildman–Crippen LogP) is -2.04. The van der Waals surface area contributed by atoms with Crippen LogP contribution in [0.2, 0.25) is 0 Å². The lowest BCUT2D eigenvalue weighted by molar-refractivity contribution is -0.0336. The second kappa shape index (κ2) is 5.29. The molecule has 88 valence electrons. The average molecular weight is 228 g/mol. The number of nitrogens with zero attached hydrogens (tertiary/aromatic N) is 1. The molecular weight excluding hydrogens is 216 g/mol. The first-order valence-electron chi connectivity index (χ1n) is 4.49. The molecule has 1 heterocycles. The van der Waals surface area contributed by atoms with Crippen LogP contribution in [0, 0.1) is 0 Å². The molecule has 0 amide bonds. The van der Waals surface area contributed by atoms with E-state index in [1.165, 1.54) is 6.08 Å². The molecule has 1 rings (SSSR count). The number of hydrogen-bond donors (Lipinski definition) is 3. The Bertz CT molecular complexity index is 472. The first-order chi connectivity index (χ1) is 7.62. The number of hydrogen-bond acceptors (Lipinski definition) is 5. The summed E-state index contributed by atoms with van der Waals surface area (Å²) < 4.78 is 0.732. The molecular formula is C9H12N2O5. The Morgan fingerprint density at radius 1 is 1.50 bits per heavy atom. The standard InChI is InChI=1S/C9H12N2O5/c1-2-6-3-11(9(15)10-8(6)14)16-7(4-12)5-13/h2-3,7,12-13H,1,4-5H2,(H,10,14,15). The van der Waals surface area contributed by atoms with Gasteiger partial charge in [-0.3, -0.25) is 9.78 Å². The number of rotatable bonds is 5. The van der Waals surface area contributed by atoms with Gasteiger partial charge in [0.1, 0.15) is 0 Å². The van der Waals surface area contributed by atoms with Crippen molar-refractivity contribution in [3.8, 4) is 0 Å². The number of H-pyrrole nitrogens is 1. The predicted molar refractivity (Wildman–Crippen MR) is 56.0 cm³/mol. The van der Waals surface area contributed by atoms with Crippen molar-refractivity contribution in [3.05, 3.63) is 39.2 Å². The zero-order valence-electron chi connectivity index (χ0n) is 8.42. The lowest BCUT2D eigenvalue weighted by atomic mass is 10.3. The summed E-state index contributed by atoms with van der Waals surface area (Å²) in [6.45, 7) is 2.49. The average Bonchev–Trinajstić information content (AvgIpc) is 2.28. The maximum atomic E-state index is 11.3. The van der Waals surface area contributed by atoms with Gasteiger partial charge in [-0.25, -0.2) is 4.79 Å². The van der Waals surface area contributed by atoms with Crippen LogP contribution < -0.4 is 16.1 Å². The van der Waals surface area contributed by atoms with Gasteiger partial charge in [0.2, 0.25) is 0 Å². The molecule has 0 fully saturated rings. The molecule has 0 aliphatic heterocycles. The molecule has 0 saturated heterocycles. The lowest BCUT2D eigenvalue weighted by Crippen LogP contribution is -2.41. The van der Waals surface area contributed by atoms with Gasteiger partial charge in [-0.2, -0.15) is 0 Å². The van der Waals surface area contributed by atoms with E-state index in [9.17, 15) is 9.59 Å². The molecule has 0 aliphatic rings. The molecule has 1 aromatic heterocycles. The molecule has 0 saturated carbocycles. The van der Waals surface area contributed by atoms with Crippen molar-refractivity contribution < 1.29 is 15.1 Å². The first kappa shape index (κ1) is 12.2. The highest BCUT2D eigenvalue weighted by atomic mass is 16.7. The van der Waals surface area contributed by atoms with Crippen molar-refractivity contribution in [2.45, 2.75) is 6.10 Å². The number of aromatic amines is 1. The molecule has 1 aromatic rings. The van der Waals surface area contributed by atoms with Crippen LogP contribution in [0.1, 0.15) is 5.56 Å². The van der Waals surface area contributed by atoms with Crippen LogP contribution in [0.4, 0.5) is 0 Å². The summed E-state index contributed by atoms with van der Waals surface area (Å²) in [6, 6.07) is 0. The van der Waals surface area contributed by atoms with E-state index in [0.717, 1.165) is 10.9 Å². The fourth-order valence-electron chi connectivity index (χ4n) is 0.977. The van der Waals surface area contributed by atoms with E-state index in [1.54, 1.807) is 0 Å². The topological polar surface area (TPSA) is 105 Å². The fraction of sp³-hybridized carbons (Fsp3) is 0.333. The maximum absolute atomic E-state index is 11.3. The van der Waals surface area contributed by atoms with E-state index in [4.69, 9.17) is 15.1 Å². The Kier molecular flexibility index (Phi) is 4.03. The normalized spacial score (nSPS) is 10.4. The molecule has 7 nitrogen and oxygen atoms in total. The van der Waals surface area contributed by atoms with Gasteiger partial charge in [0.25, 0.3) is 5.56 Å². The molecule has 0 spiro atoms. The summed E-state index contributed by atoms with van der Waals surface area (Å²) >= 11 is 0. The SMILES string of the molecule is C=Cc1cn(OC(CO)CO)c(=O)[nH]c1=O. The Morgan fingerprint density at radius 2 is 2.12 bits per heavy atom. The minimum absolute atomic E-state index is 0.147. The molecule has 0 aromatic carbocycles. The zero-order chi connectivity index (χ0) is 12.1. The number of aromatic nitrogens is 2. The van der Waals surface area contributed by atoms with Crippen LogP contribution >= 0.6 is 0 Å². The zero-order valence-corrected chi connectivity index (χ0v) is 8.42. The largest absolute Gasteiger partial charge is 0.401 e. The minimum Gasteiger partial charge on any atom is -0.401 e. The third-order valence-electron chi connectivity index (χ3n) is 1.83. The maximum Gasteiger partial charge on any atom is 0.361 e. The summed E-state index contributed by atoms with van der Waals surface area (Å²) in [6.07, 6.45) is 1.46. The second-order valence-corrected chi connectivity index (χ2v) is 2.97. The van der Waals surface area contributed by atoms with E-state index < -0.39 is 30.6 Å². The summed E-state index contributed by atoms with van der Waals surface area (Å²) in [5, 5.41) is 17.5. The van der Waals surface area contributed by atoms with Crippen molar-refractivity contribution in [2.75, 3.05) is 13.2 Å². The Balaban J connectivity index is 3.09. The molecule has 3 N–H and O–H groups in total. The highest BCUT2D eigenvalue weighted by Gasteiger charge is 2.10. The van der Waals surface area contributed by atoms with Crippen molar-refractivity contribution in [2.24, 2.45) is 0 Å². The molecule has 0 atom stereocenters. The van der Waals surface area contributed by atoms with Gasteiger partial charge < -0.3 is 15.1 Å². The van der Waals surface area contributed by atoms with Crippen molar-refractivity contribution >= 4 is 6.08 Å². The quantitative estimate of drug-likeness (QED) is 0.538. The monoisotopic (exact) mass is 228 g/mol. The molecule has 7 heteroatoms. The smallest absolute Gasteiger partial charge is 0.361 e. The van der Waals surface area contributed by atoms with Crippen LogP contribution in [-0.2, 0) is 0 Å². The van der Waals surface area contributed by atoms with Crippen molar-refractivity contribution in [1.82, 2.24) is 9.71 Å². The van der Waals surface area contributed by atoms with Gasteiger partial charge in [-0.05, 0) is 0 Å². The van der Waals surface area contributed by atoms with Crippen LogP contribution in [-0.4, -0.2) is 39.2 Å². The molecule has 0 bridgehead atoms. The number of aliphatic hydroxyl groups is 2. The van der Waals surface area contributed by atoms with Gasteiger partial charge >= 0.3 is 5.69 Å². The third kappa shape index (κ3) is 2.59. The highest BCUT2D eigenvalue weighted by molar-refractivity contribution is 5.42. The van der Waals surface area contributed by atoms with Crippen molar-refractivity contribution in [1.29, 1.82) is 0 Å². The Hall–Kier alpha value is -1.86. The lowest BCUT2D eigenvalue weighted by Gasteiger charge is -2.14. The van der Waals surface area contributed by atoms with Gasteiger partial charge in [-0.15, -0.1) is 4.73 Å². The van der Waals surface area contributed by atoms with E-state index in [0.29, 0.717) is 0 Å². The summed E-state index contributed by atoms with van der Waals surface area (Å²) in [7, 11) is 0. The minimum atomic E-state index is -0.929. The van der Waals surface area contributed by atoms with Crippen LogP contribution in [0.15, 0.2) is 22.4 Å². The van der Waals surface area contributed by atoms with Gasteiger partial charge in [0.15, 0.2) is 6.10 Å². The van der Waals surface area contributed by atoms with Crippen molar-refractivity contribution in [3.63, 3.8) is 0 Å².